The third-order valence-corrected chi connectivity index (χ3v) is 2.83. The van der Waals surface area contributed by atoms with Gasteiger partial charge in [-0.3, -0.25) is 4.79 Å². The van der Waals surface area contributed by atoms with Gasteiger partial charge in [-0.15, -0.1) is 0 Å². The summed E-state index contributed by atoms with van der Waals surface area (Å²) >= 11 is 3.41. The number of aromatic nitrogens is 2. The van der Waals surface area contributed by atoms with E-state index < -0.39 is 0 Å². The molecule has 0 spiro atoms. The van der Waals surface area contributed by atoms with E-state index in [0.29, 0.717) is 12.2 Å². The average molecular weight is 288 g/mol. The van der Waals surface area contributed by atoms with Crippen molar-refractivity contribution in [3.63, 3.8) is 0 Å². The molecule has 1 rings (SSSR count). The predicted octanol–water partition coefficient (Wildman–Crippen LogP) is 1.96. The summed E-state index contributed by atoms with van der Waals surface area (Å²) < 4.78 is 1.76. The van der Waals surface area contributed by atoms with E-state index in [-0.39, 0.29) is 11.3 Å². The lowest BCUT2D eigenvalue weighted by Crippen LogP contribution is -2.34. The molecule has 0 fully saturated rings. The minimum Gasteiger partial charge on any atom is -0.350 e. The fourth-order valence-electron chi connectivity index (χ4n) is 1.28. The first-order valence-electron chi connectivity index (χ1n) is 5.27. The van der Waals surface area contributed by atoms with Crippen LogP contribution in [0.3, 0.4) is 0 Å². The molecule has 90 valence electrons. The van der Waals surface area contributed by atoms with Gasteiger partial charge in [-0.25, -0.2) is 4.98 Å². The number of hydrogen-bond acceptors (Lipinski definition) is 2. The molecule has 0 radical (unpaired) electrons. The number of nitrogens with zero attached hydrogens (tertiary/aromatic N) is 2. The molecule has 0 saturated heterocycles. The minimum absolute atomic E-state index is 0.105. The Bertz CT molecular complexity index is 360. The average Bonchev–Trinajstić information content (AvgIpc) is 2.61. The molecule has 0 aliphatic carbocycles. The van der Waals surface area contributed by atoms with Crippen LogP contribution in [0.25, 0.3) is 0 Å². The summed E-state index contributed by atoms with van der Waals surface area (Å²) in [6.07, 6.45) is 4.36. The van der Waals surface area contributed by atoms with Gasteiger partial charge in [-0.1, -0.05) is 29.8 Å². The smallest absolute Gasteiger partial charge is 0.271 e. The zero-order valence-electron chi connectivity index (χ0n) is 9.96. The molecule has 1 aromatic heterocycles. The number of hydrogen-bond donors (Lipinski definition) is 1. The van der Waals surface area contributed by atoms with Gasteiger partial charge in [0.15, 0.2) is 0 Å². The maximum absolute atomic E-state index is 11.7. The second kappa shape index (κ2) is 5.48. The number of halogens is 1. The summed E-state index contributed by atoms with van der Waals surface area (Å²) in [4.78, 5) is 15.7. The number of rotatable bonds is 5. The van der Waals surface area contributed by atoms with Gasteiger partial charge in [0.1, 0.15) is 5.69 Å². The SMILES string of the molecule is Cn1cnc(C(=O)NCC(C)(C)CCBr)c1. The largest absolute Gasteiger partial charge is 0.350 e. The maximum atomic E-state index is 11.7. The maximum Gasteiger partial charge on any atom is 0.271 e. The van der Waals surface area contributed by atoms with Crippen molar-refractivity contribution in [3.05, 3.63) is 18.2 Å². The minimum atomic E-state index is -0.108. The molecule has 0 unspecified atom stereocenters. The van der Waals surface area contributed by atoms with Crippen molar-refractivity contribution in [3.8, 4) is 0 Å². The van der Waals surface area contributed by atoms with E-state index in [0.717, 1.165) is 11.8 Å². The molecule has 5 heteroatoms. The van der Waals surface area contributed by atoms with Crippen molar-refractivity contribution >= 4 is 21.8 Å². The Kier molecular flexibility index (Phi) is 4.53. The van der Waals surface area contributed by atoms with Crippen LogP contribution in [0.1, 0.15) is 30.8 Å². The van der Waals surface area contributed by atoms with E-state index in [1.807, 2.05) is 7.05 Å². The lowest BCUT2D eigenvalue weighted by Gasteiger charge is -2.23. The fourth-order valence-corrected chi connectivity index (χ4v) is 2.36. The van der Waals surface area contributed by atoms with E-state index in [4.69, 9.17) is 0 Å². The first-order valence-corrected chi connectivity index (χ1v) is 6.39. The number of nitrogens with one attached hydrogen (secondary N) is 1. The Morgan fingerprint density at radius 1 is 1.62 bits per heavy atom. The molecule has 1 heterocycles. The van der Waals surface area contributed by atoms with Crippen LogP contribution >= 0.6 is 15.9 Å². The number of alkyl halides is 1. The monoisotopic (exact) mass is 287 g/mol. The molecule has 1 aromatic rings. The third kappa shape index (κ3) is 3.96. The van der Waals surface area contributed by atoms with Crippen LogP contribution in [0, 0.1) is 5.41 Å². The van der Waals surface area contributed by atoms with Crippen LogP contribution in [0.5, 0.6) is 0 Å². The van der Waals surface area contributed by atoms with Crippen LogP contribution in [0.4, 0.5) is 0 Å². The van der Waals surface area contributed by atoms with Crippen LogP contribution in [0.15, 0.2) is 12.5 Å². The Hall–Kier alpha value is -0.840. The molecule has 0 bridgehead atoms. The highest BCUT2D eigenvalue weighted by Gasteiger charge is 2.18. The summed E-state index contributed by atoms with van der Waals surface area (Å²) in [6, 6.07) is 0. The highest BCUT2D eigenvalue weighted by molar-refractivity contribution is 9.09. The van der Waals surface area contributed by atoms with E-state index in [2.05, 4.69) is 40.1 Å². The Morgan fingerprint density at radius 2 is 2.31 bits per heavy atom. The van der Waals surface area contributed by atoms with Gasteiger partial charge in [0.2, 0.25) is 0 Å². The van der Waals surface area contributed by atoms with Crippen LogP contribution in [-0.4, -0.2) is 27.3 Å². The first kappa shape index (κ1) is 13.2. The number of carbonyl (C=O) groups is 1. The van der Waals surface area contributed by atoms with Crippen molar-refractivity contribution in [1.82, 2.24) is 14.9 Å². The first-order chi connectivity index (χ1) is 7.44. The molecule has 4 nitrogen and oxygen atoms in total. The second-order valence-corrected chi connectivity index (χ2v) is 5.50. The number of aryl methyl sites for hydroxylation is 1. The Balaban J connectivity index is 2.47. The number of amides is 1. The highest BCUT2D eigenvalue weighted by atomic mass is 79.9. The van der Waals surface area contributed by atoms with Crippen LogP contribution in [0.2, 0.25) is 0 Å². The molecule has 0 aromatic carbocycles. The van der Waals surface area contributed by atoms with Gasteiger partial charge in [0, 0.05) is 25.1 Å². The van der Waals surface area contributed by atoms with Crippen LogP contribution < -0.4 is 5.32 Å². The molecule has 0 aliphatic rings. The van der Waals surface area contributed by atoms with Gasteiger partial charge in [-0.2, -0.15) is 0 Å². The molecule has 1 N–H and O–H groups in total. The van der Waals surface area contributed by atoms with Gasteiger partial charge in [0.25, 0.3) is 5.91 Å². The van der Waals surface area contributed by atoms with E-state index >= 15 is 0 Å². The molecular formula is C11H18BrN3O. The summed E-state index contributed by atoms with van der Waals surface area (Å²) in [5.41, 5.74) is 0.575. The quantitative estimate of drug-likeness (QED) is 0.842. The second-order valence-electron chi connectivity index (χ2n) is 4.71. The van der Waals surface area contributed by atoms with E-state index in [1.54, 1.807) is 17.1 Å². The molecule has 0 aliphatic heterocycles. The van der Waals surface area contributed by atoms with Crippen LogP contribution in [-0.2, 0) is 7.05 Å². The summed E-state index contributed by atoms with van der Waals surface area (Å²) in [7, 11) is 1.85. The van der Waals surface area contributed by atoms with E-state index in [1.165, 1.54) is 0 Å². The van der Waals surface area contributed by atoms with Gasteiger partial charge in [0.05, 0.1) is 6.33 Å². The van der Waals surface area contributed by atoms with Crippen molar-refractivity contribution in [2.45, 2.75) is 20.3 Å². The van der Waals surface area contributed by atoms with E-state index in [9.17, 15) is 4.79 Å². The van der Waals surface area contributed by atoms with Gasteiger partial charge in [-0.05, 0) is 11.8 Å². The van der Waals surface area contributed by atoms with Crippen molar-refractivity contribution in [2.24, 2.45) is 12.5 Å². The molecule has 0 saturated carbocycles. The third-order valence-electron chi connectivity index (χ3n) is 2.44. The predicted molar refractivity (Wildman–Crippen MR) is 67.7 cm³/mol. The van der Waals surface area contributed by atoms with Crippen molar-refractivity contribution in [2.75, 3.05) is 11.9 Å². The summed E-state index contributed by atoms with van der Waals surface area (Å²) in [5.74, 6) is -0.108. The number of imidazole rings is 1. The molecule has 1 amide bonds. The normalized spacial score (nSPS) is 11.5. The number of carbonyl (C=O) groups excluding carboxylic acids is 1. The fraction of sp³-hybridized carbons (Fsp3) is 0.636. The summed E-state index contributed by atoms with van der Waals surface area (Å²) in [6.45, 7) is 4.92. The Morgan fingerprint density at radius 3 is 2.81 bits per heavy atom. The standard InChI is InChI=1S/C11H18BrN3O/c1-11(2,4-5-12)7-13-10(16)9-6-15(3)8-14-9/h6,8H,4-5,7H2,1-3H3,(H,13,16). The zero-order valence-corrected chi connectivity index (χ0v) is 11.5. The highest BCUT2D eigenvalue weighted by Crippen LogP contribution is 2.19. The topological polar surface area (TPSA) is 46.9 Å². The molecular weight excluding hydrogens is 270 g/mol. The van der Waals surface area contributed by atoms with Gasteiger partial charge < -0.3 is 9.88 Å². The summed E-state index contributed by atoms with van der Waals surface area (Å²) in [5, 5.41) is 3.85. The van der Waals surface area contributed by atoms with Crippen molar-refractivity contribution < 1.29 is 4.79 Å². The van der Waals surface area contributed by atoms with Gasteiger partial charge >= 0.3 is 0 Å². The Labute approximate surface area is 105 Å². The molecule has 16 heavy (non-hydrogen) atoms. The van der Waals surface area contributed by atoms with Crippen molar-refractivity contribution in [1.29, 1.82) is 0 Å². The zero-order chi connectivity index (χ0) is 12.2. The lowest BCUT2D eigenvalue weighted by molar-refractivity contribution is 0.0931. The molecule has 0 atom stereocenters. The lowest BCUT2D eigenvalue weighted by atomic mass is 9.90.